The Kier molecular flexibility index (Phi) is 4.45. The average Bonchev–Trinajstić information content (AvgIpc) is 3.05. The fourth-order valence-corrected chi connectivity index (χ4v) is 1.93. The molecule has 1 fully saturated rings. The number of aliphatic carboxylic acids is 1. The molecule has 2 heterocycles. The highest BCUT2D eigenvalue weighted by Crippen LogP contribution is 2.19. The molecule has 1 aliphatic heterocycles. The van der Waals surface area contributed by atoms with Crippen molar-refractivity contribution in [3.05, 3.63) is 12.4 Å². The minimum absolute atomic E-state index is 0.248. The zero-order valence-corrected chi connectivity index (χ0v) is 10.4. The minimum Gasteiger partial charge on any atom is -0.479 e. The normalized spacial score (nSPS) is 22.3. The number of rotatable bonds is 6. The van der Waals surface area contributed by atoms with Gasteiger partial charge in [-0.3, -0.25) is 9.48 Å². The van der Waals surface area contributed by atoms with Gasteiger partial charge < -0.3 is 15.2 Å². The van der Waals surface area contributed by atoms with Gasteiger partial charge in [-0.05, 0) is 19.3 Å². The number of carbonyl (C=O) groups is 2. The van der Waals surface area contributed by atoms with Crippen molar-refractivity contribution in [2.45, 2.75) is 38.0 Å². The number of hydrogen-bond donors (Lipinski definition) is 2. The van der Waals surface area contributed by atoms with Crippen LogP contribution in [0.5, 0.6) is 0 Å². The quantitative estimate of drug-likeness (QED) is 0.668. The third-order valence-electron chi connectivity index (χ3n) is 2.92. The van der Waals surface area contributed by atoms with Crippen LogP contribution in [0.1, 0.15) is 19.3 Å². The number of nitrogens with zero attached hydrogens (tertiary/aromatic N) is 3. The summed E-state index contributed by atoms with van der Waals surface area (Å²) >= 11 is 0. The highest BCUT2D eigenvalue weighted by molar-refractivity contribution is 5.82. The van der Waals surface area contributed by atoms with Crippen LogP contribution in [0, 0.1) is 0 Å². The number of carboxylic acid groups (broad SMARTS) is 1. The van der Waals surface area contributed by atoms with E-state index < -0.39 is 18.2 Å². The summed E-state index contributed by atoms with van der Waals surface area (Å²) in [6.45, 7) is 1.17. The maximum absolute atomic E-state index is 11.7. The lowest BCUT2D eigenvalue weighted by Gasteiger charge is -2.11. The van der Waals surface area contributed by atoms with Crippen molar-refractivity contribution in [3.63, 3.8) is 0 Å². The van der Waals surface area contributed by atoms with Crippen LogP contribution in [-0.4, -0.2) is 50.7 Å². The number of carboxylic acids is 1. The van der Waals surface area contributed by atoms with E-state index in [4.69, 9.17) is 9.84 Å². The van der Waals surface area contributed by atoms with E-state index in [1.54, 1.807) is 17.1 Å². The van der Waals surface area contributed by atoms with Gasteiger partial charge in [0.25, 0.3) is 0 Å². The van der Waals surface area contributed by atoms with E-state index >= 15 is 0 Å². The van der Waals surface area contributed by atoms with Gasteiger partial charge in [-0.1, -0.05) is 5.21 Å². The van der Waals surface area contributed by atoms with Gasteiger partial charge in [-0.25, -0.2) is 4.79 Å². The van der Waals surface area contributed by atoms with Crippen LogP contribution in [0.2, 0.25) is 0 Å². The van der Waals surface area contributed by atoms with Gasteiger partial charge >= 0.3 is 5.97 Å². The van der Waals surface area contributed by atoms with Crippen LogP contribution in [0.15, 0.2) is 12.4 Å². The number of amides is 1. The van der Waals surface area contributed by atoms with Gasteiger partial charge in [-0.15, -0.1) is 5.10 Å². The third-order valence-corrected chi connectivity index (χ3v) is 2.92. The first-order chi connectivity index (χ1) is 9.16. The lowest BCUT2D eigenvalue weighted by Crippen LogP contribution is -2.36. The van der Waals surface area contributed by atoms with Crippen LogP contribution in [0.4, 0.5) is 0 Å². The van der Waals surface area contributed by atoms with Gasteiger partial charge in [0, 0.05) is 19.3 Å². The molecule has 2 atom stereocenters. The van der Waals surface area contributed by atoms with Crippen molar-refractivity contribution in [3.8, 4) is 0 Å². The van der Waals surface area contributed by atoms with Crippen molar-refractivity contribution in [2.24, 2.45) is 0 Å². The number of hydrogen-bond acceptors (Lipinski definition) is 5. The van der Waals surface area contributed by atoms with Crippen molar-refractivity contribution in [1.29, 1.82) is 0 Å². The summed E-state index contributed by atoms with van der Waals surface area (Å²) in [5, 5.41) is 19.0. The molecule has 2 N–H and O–H groups in total. The Hall–Kier alpha value is -1.96. The molecule has 8 heteroatoms. The van der Waals surface area contributed by atoms with Crippen LogP contribution < -0.4 is 5.32 Å². The summed E-state index contributed by atoms with van der Waals surface area (Å²) in [5.74, 6) is -1.26. The van der Waals surface area contributed by atoms with Crippen LogP contribution in [0.25, 0.3) is 0 Å². The average molecular weight is 268 g/mol. The van der Waals surface area contributed by atoms with E-state index in [1.165, 1.54) is 0 Å². The second kappa shape index (κ2) is 6.28. The SMILES string of the molecule is O=C(O)C1CCC(C(=O)NCCCn2ccnn2)O1. The molecule has 1 aromatic heterocycles. The van der Waals surface area contributed by atoms with Crippen LogP contribution in [-0.2, 0) is 20.9 Å². The van der Waals surface area contributed by atoms with E-state index in [1.807, 2.05) is 0 Å². The lowest BCUT2D eigenvalue weighted by atomic mass is 10.2. The Morgan fingerprint density at radius 3 is 2.84 bits per heavy atom. The largest absolute Gasteiger partial charge is 0.479 e. The molecule has 1 saturated heterocycles. The summed E-state index contributed by atoms with van der Waals surface area (Å²) in [7, 11) is 0. The summed E-state index contributed by atoms with van der Waals surface area (Å²) < 4.78 is 6.83. The van der Waals surface area contributed by atoms with Gasteiger partial charge in [0.1, 0.15) is 6.10 Å². The van der Waals surface area contributed by atoms with Crippen molar-refractivity contribution in [1.82, 2.24) is 20.3 Å². The smallest absolute Gasteiger partial charge is 0.332 e. The van der Waals surface area contributed by atoms with Crippen LogP contribution in [0.3, 0.4) is 0 Å². The Bertz CT molecular complexity index is 434. The predicted molar refractivity (Wildman–Crippen MR) is 63.2 cm³/mol. The minimum atomic E-state index is -1.01. The monoisotopic (exact) mass is 268 g/mol. The number of aromatic nitrogens is 3. The number of aryl methyl sites for hydroxylation is 1. The standard InChI is InChI=1S/C11H16N4O4/c16-10(8-2-3-9(19-8)11(17)18)12-4-1-6-15-7-5-13-14-15/h5,7-9H,1-4,6H2,(H,12,16)(H,17,18). The molecule has 8 nitrogen and oxygen atoms in total. The zero-order chi connectivity index (χ0) is 13.7. The third kappa shape index (κ3) is 3.75. The van der Waals surface area contributed by atoms with E-state index in [0.717, 1.165) is 6.42 Å². The van der Waals surface area contributed by atoms with Gasteiger partial charge in [0.2, 0.25) is 5.91 Å². The fourth-order valence-electron chi connectivity index (χ4n) is 1.93. The number of carbonyl (C=O) groups excluding carboxylic acids is 1. The summed E-state index contributed by atoms with van der Waals surface area (Å²) in [4.78, 5) is 22.4. The first-order valence-corrected chi connectivity index (χ1v) is 6.17. The maximum Gasteiger partial charge on any atom is 0.332 e. The Morgan fingerprint density at radius 1 is 1.42 bits per heavy atom. The number of nitrogens with one attached hydrogen (secondary N) is 1. The van der Waals surface area contributed by atoms with E-state index in [0.29, 0.717) is 25.9 Å². The van der Waals surface area contributed by atoms with Crippen LogP contribution >= 0.6 is 0 Å². The van der Waals surface area contributed by atoms with Gasteiger partial charge in [0.15, 0.2) is 6.10 Å². The highest BCUT2D eigenvalue weighted by Gasteiger charge is 2.34. The summed E-state index contributed by atoms with van der Waals surface area (Å²) in [6, 6.07) is 0. The van der Waals surface area contributed by atoms with E-state index in [9.17, 15) is 9.59 Å². The summed E-state index contributed by atoms with van der Waals surface area (Å²) in [5.41, 5.74) is 0. The second-order valence-corrected chi connectivity index (χ2v) is 4.34. The second-order valence-electron chi connectivity index (χ2n) is 4.34. The Morgan fingerprint density at radius 2 is 2.21 bits per heavy atom. The fraction of sp³-hybridized carbons (Fsp3) is 0.636. The molecule has 0 aliphatic carbocycles. The molecular formula is C11H16N4O4. The molecule has 1 aromatic rings. The molecule has 19 heavy (non-hydrogen) atoms. The Balaban J connectivity index is 1.63. The molecule has 0 aromatic carbocycles. The molecule has 104 valence electrons. The molecule has 0 saturated carbocycles. The van der Waals surface area contributed by atoms with E-state index in [2.05, 4.69) is 15.6 Å². The lowest BCUT2D eigenvalue weighted by molar-refractivity contribution is -0.151. The molecule has 2 unspecified atom stereocenters. The first-order valence-electron chi connectivity index (χ1n) is 6.17. The first kappa shape index (κ1) is 13.5. The topological polar surface area (TPSA) is 106 Å². The van der Waals surface area contributed by atoms with Gasteiger partial charge in [0.05, 0.1) is 6.20 Å². The zero-order valence-electron chi connectivity index (χ0n) is 10.4. The van der Waals surface area contributed by atoms with Crippen molar-refractivity contribution in [2.75, 3.05) is 6.54 Å². The highest BCUT2D eigenvalue weighted by atomic mass is 16.5. The van der Waals surface area contributed by atoms with E-state index in [-0.39, 0.29) is 5.91 Å². The predicted octanol–water partition coefficient (Wildman–Crippen LogP) is -0.583. The summed E-state index contributed by atoms with van der Waals surface area (Å²) in [6.07, 6.45) is 3.40. The molecule has 1 amide bonds. The Labute approximate surface area is 109 Å². The molecular weight excluding hydrogens is 252 g/mol. The molecule has 0 radical (unpaired) electrons. The van der Waals surface area contributed by atoms with Gasteiger partial charge in [-0.2, -0.15) is 0 Å². The molecule has 0 bridgehead atoms. The molecule has 2 rings (SSSR count). The molecule has 1 aliphatic rings. The number of ether oxygens (including phenoxy) is 1. The van der Waals surface area contributed by atoms with Crippen molar-refractivity contribution < 1.29 is 19.4 Å². The maximum atomic E-state index is 11.7. The molecule has 0 spiro atoms. The van der Waals surface area contributed by atoms with Crippen molar-refractivity contribution >= 4 is 11.9 Å².